The third-order valence-corrected chi connectivity index (χ3v) is 4.55. The van der Waals surface area contributed by atoms with Crippen molar-refractivity contribution in [1.82, 2.24) is 9.97 Å². The highest BCUT2D eigenvalue weighted by Crippen LogP contribution is 2.30. The quantitative estimate of drug-likeness (QED) is 0.618. The Morgan fingerprint density at radius 3 is 2.71 bits per heavy atom. The highest BCUT2D eigenvalue weighted by atomic mass is 32.2. The zero-order chi connectivity index (χ0) is 17.9. The molecule has 1 atom stereocenters. The van der Waals surface area contributed by atoms with E-state index in [4.69, 9.17) is 5.73 Å². The third-order valence-electron chi connectivity index (χ3n) is 2.74. The molecule has 24 heavy (non-hydrogen) atoms. The first-order valence-electron chi connectivity index (χ1n) is 6.43. The van der Waals surface area contributed by atoms with Gasteiger partial charge in [0.25, 0.3) is 5.91 Å². The molecule has 0 aromatic carbocycles. The first-order chi connectivity index (χ1) is 11.2. The zero-order valence-electron chi connectivity index (χ0n) is 12.1. The number of nitrogens with one attached hydrogen (secondary N) is 1. The molecular weight excluding hydrogens is 365 g/mol. The highest BCUT2D eigenvalue weighted by molar-refractivity contribution is 8.00. The van der Waals surface area contributed by atoms with Crippen LogP contribution in [0.3, 0.4) is 0 Å². The standard InChI is InChI=1S/C13H11F3N4O2S2/c1-6(10(22)20-11-7(9(17)21)3-5-23-11)24-12-18-4-2-8(19-12)13(14,15)16/h2-6H,1H3,(H2,17,21)(H,20,22). The van der Waals surface area contributed by atoms with Gasteiger partial charge in [0.1, 0.15) is 10.7 Å². The Morgan fingerprint density at radius 2 is 2.08 bits per heavy atom. The van der Waals surface area contributed by atoms with E-state index in [9.17, 15) is 22.8 Å². The van der Waals surface area contributed by atoms with Crippen LogP contribution in [0.1, 0.15) is 23.0 Å². The van der Waals surface area contributed by atoms with Crippen molar-refractivity contribution in [2.45, 2.75) is 23.5 Å². The number of nitrogens with zero attached hydrogens (tertiary/aromatic N) is 2. The molecule has 1 unspecified atom stereocenters. The van der Waals surface area contributed by atoms with Crippen molar-refractivity contribution in [1.29, 1.82) is 0 Å². The van der Waals surface area contributed by atoms with Crippen molar-refractivity contribution in [3.8, 4) is 0 Å². The molecule has 6 nitrogen and oxygen atoms in total. The summed E-state index contributed by atoms with van der Waals surface area (Å²) >= 11 is 1.89. The van der Waals surface area contributed by atoms with Crippen LogP contribution < -0.4 is 11.1 Å². The Morgan fingerprint density at radius 1 is 1.38 bits per heavy atom. The second-order valence-electron chi connectivity index (χ2n) is 4.50. The van der Waals surface area contributed by atoms with E-state index >= 15 is 0 Å². The van der Waals surface area contributed by atoms with Crippen molar-refractivity contribution < 1.29 is 22.8 Å². The van der Waals surface area contributed by atoms with Gasteiger partial charge in [0.15, 0.2) is 5.16 Å². The molecule has 128 valence electrons. The van der Waals surface area contributed by atoms with E-state index in [-0.39, 0.29) is 15.7 Å². The van der Waals surface area contributed by atoms with Crippen LogP contribution in [0.15, 0.2) is 28.9 Å². The SMILES string of the molecule is CC(Sc1nccc(C(F)(F)F)n1)C(=O)Nc1sccc1C(N)=O. The van der Waals surface area contributed by atoms with Gasteiger partial charge in [0.05, 0.1) is 10.8 Å². The molecule has 0 saturated heterocycles. The lowest BCUT2D eigenvalue weighted by molar-refractivity contribution is -0.141. The molecule has 2 rings (SSSR count). The van der Waals surface area contributed by atoms with E-state index < -0.39 is 28.9 Å². The molecule has 0 fully saturated rings. The molecule has 0 spiro atoms. The topological polar surface area (TPSA) is 98.0 Å². The van der Waals surface area contributed by atoms with Gasteiger partial charge in [-0.05, 0) is 24.4 Å². The maximum atomic E-state index is 12.6. The van der Waals surface area contributed by atoms with Crippen molar-refractivity contribution in [2.75, 3.05) is 5.32 Å². The predicted molar refractivity (Wildman–Crippen MR) is 83.8 cm³/mol. The summed E-state index contributed by atoms with van der Waals surface area (Å²) in [6.45, 7) is 1.49. The number of rotatable bonds is 5. The number of carbonyl (C=O) groups excluding carboxylic acids is 2. The molecule has 2 amide bonds. The fraction of sp³-hybridized carbons (Fsp3) is 0.231. The number of anilines is 1. The number of amides is 2. The van der Waals surface area contributed by atoms with E-state index in [0.29, 0.717) is 0 Å². The number of hydrogen-bond acceptors (Lipinski definition) is 6. The van der Waals surface area contributed by atoms with Crippen LogP contribution in [0.25, 0.3) is 0 Å². The summed E-state index contributed by atoms with van der Waals surface area (Å²) in [6, 6.07) is 2.22. The average Bonchev–Trinajstić information content (AvgIpc) is 2.95. The van der Waals surface area contributed by atoms with Crippen LogP contribution in [-0.4, -0.2) is 27.0 Å². The number of primary amides is 1. The van der Waals surface area contributed by atoms with Crippen LogP contribution in [0.4, 0.5) is 18.2 Å². The van der Waals surface area contributed by atoms with Crippen LogP contribution in [0, 0.1) is 0 Å². The maximum absolute atomic E-state index is 12.6. The molecule has 0 aliphatic carbocycles. The van der Waals surface area contributed by atoms with Crippen LogP contribution in [-0.2, 0) is 11.0 Å². The number of carbonyl (C=O) groups is 2. The number of halogens is 3. The first kappa shape index (κ1) is 18.2. The number of alkyl halides is 3. The minimum atomic E-state index is -4.59. The Labute approximate surface area is 142 Å². The number of aromatic nitrogens is 2. The minimum absolute atomic E-state index is 0.167. The molecule has 2 aromatic rings. The largest absolute Gasteiger partial charge is 0.433 e. The second kappa shape index (κ2) is 7.18. The Balaban J connectivity index is 2.07. The van der Waals surface area contributed by atoms with Gasteiger partial charge in [-0.2, -0.15) is 13.2 Å². The van der Waals surface area contributed by atoms with E-state index in [1.54, 1.807) is 5.38 Å². The van der Waals surface area contributed by atoms with Crippen LogP contribution >= 0.6 is 23.1 Å². The minimum Gasteiger partial charge on any atom is -0.366 e. The molecule has 0 bridgehead atoms. The van der Waals surface area contributed by atoms with Gasteiger partial charge in [-0.1, -0.05) is 11.8 Å². The molecule has 0 aliphatic rings. The van der Waals surface area contributed by atoms with Crippen molar-refractivity contribution in [3.05, 3.63) is 35.0 Å². The van der Waals surface area contributed by atoms with Gasteiger partial charge in [0, 0.05) is 6.20 Å². The first-order valence-corrected chi connectivity index (χ1v) is 8.19. The van der Waals surface area contributed by atoms with Crippen LogP contribution in [0.5, 0.6) is 0 Å². The van der Waals surface area contributed by atoms with Gasteiger partial charge < -0.3 is 11.1 Å². The summed E-state index contributed by atoms with van der Waals surface area (Å²) in [5.74, 6) is -1.20. The Kier molecular flexibility index (Phi) is 5.44. The molecular formula is C13H11F3N4O2S2. The summed E-state index contributed by atoms with van der Waals surface area (Å²) < 4.78 is 37.8. The van der Waals surface area contributed by atoms with Gasteiger partial charge in [0.2, 0.25) is 5.91 Å². The molecule has 0 radical (unpaired) electrons. The van der Waals surface area contributed by atoms with Crippen molar-refractivity contribution in [2.24, 2.45) is 5.73 Å². The summed E-state index contributed by atoms with van der Waals surface area (Å²) in [4.78, 5) is 30.4. The smallest absolute Gasteiger partial charge is 0.366 e. The van der Waals surface area contributed by atoms with Crippen LogP contribution in [0.2, 0.25) is 0 Å². The fourth-order valence-electron chi connectivity index (χ4n) is 1.58. The highest BCUT2D eigenvalue weighted by Gasteiger charge is 2.33. The number of nitrogens with two attached hydrogens (primary N) is 1. The van der Waals surface area contributed by atoms with Gasteiger partial charge in [-0.15, -0.1) is 11.3 Å². The molecule has 2 heterocycles. The van der Waals surface area contributed by atoms with Crippen molar-refractivity contribution in [3.63, 3.8) is 0 Å². The second-order valence-corrected chi connectivity index (χ2v) is 6.72. The van der Waals surface area contributed by atoms with E-state index in [2.05, 4.69) is 15.3 Å². The molecule has 0 aliphatic heterocycles. The lowest BCUT2D eigenvalue weighted by atomic mass is 10.3. The van der Waals surface area contributed by atoms with Gasteiger partial charge in [-0.25, -0.2) is 9.97 Å². The molecule has 3 N–H and O–H groups in total. The molecule has 11 heteroatoms. The average molecular weight is 376 g/mol. The van der Waals surface area contributed by atoms with E-state index in [0.717, 1.165) is 35.4 Å². The molecule has 2 aromatic heterocycles. The monoisotopic (exact) mass is 376 g/mol. The lowest BCUT2D eigenvalue weighted by Crippen LogP contribution is -2.24. The van der Waals surface area contributed by atoms with E-state index in [1.165, 1.54) is 13.0 Å². The Bertz CT molecular complexity index is 764. The summed E-state index contributed by atoms with van der Waals surface area (Å²) in [7, 11) is 0. The predicted octanol–water partition coefficient (Wildman–Crippen LogP) is 2.78. The normalized spacial score (nSPS) is 12.7. The number of thioether (sulfide) groups is 1. The van der Waals surface area contributed by atoms with Gasteiger partial charge >= 0.3 is 6.18 Å². The van der Waals surface area contributed by atoms with Gasteiger partial charge in [-0.3, -0.25) is 9.59 Å². The van der Waals surface area contributed by atoms with Crippen molar-refractivity contribution >= 4 is 39.9 Å². The fourth-order valence-corrected chi connectivity index (χ4v) is 3.13. The third kappa shape index (κ3) is 4.45. The number of thiophene rings is 1. The maximum Gasteiger partial charge on any atom is 0.433 e. The summed E-state index contributed by atoms with van der Waals surface area (Å²) in [6.07, 6.45) is -3.61. The van der Waals surface area contributed by atoms with E-state index in [1.807, 2.05) is 0 Å². The summed E-state index contributed by atoms with van der Waals surface area (Å²) in [5, 5.41) is 3.43. The lowest BCUT2D eigenvalue weighted by Gasteiger charge is -2.12. The Hall–Kier alpha value is -2.14. The summed E-state index contributed by atoms with van der Waals surface area (Å²) in [5.41, 5.74) is 4.26. The zero-order valence-corrected chi connectivity index (χ0v) is 13.8. The number of hydrogen-bond donors (Lipinski definition) is 2. The molecule has 0 saturated carbocycles.